The quantitative estimate of drug-likeness (QED) is 0.545. The third-order valence-electron chi connectivity index (χ3n) is 3.02. The van der Waals surface area contributed by atoms with Gasteiger partial charge < -0.3 is 20.2 Å². The number of nitrogens with zero attached hydrogens (tertiary/aromatic N) is 1. The van der Waals surface area contributed by atoms with Gasteiger partial charge in [-0.05, 0) is 37.3 Å². The number of benzene rings is 1. The Kier molecular flexibility index (Phi) is 5.67. The normalized spacial score (nSPS) is 11.6. The molecule has 1 heterocycles. The standard InChI is InChI=1S/C15H16ClN3O5/c1-9(8-18-15(17)21)19(22)14(20)12-6-7-13(24-12)23-11-4-2-10(16)3-5-11/h2-7,9,22H,8H2,1H3,(H3,17,18,21)/t9-/m1/s1. The van der Waals surface area contributed by atoms with Crippen LogP contribution in [0.1, 0.15) is 17.5 Å². The van der Waals surface area contributed by atoms with Crippen molar-refractivity contribution in [2.45, 2.75) is 13.0 Å². The summed E-state index contributed by atoms with van der Waals surface area (Å²) in [5.41, 5.74) is 4.94. The Morgan fingerprint density at radius 2 is 2.00 bits per heavy atom. The molecule has 1 aromatic heterocycles. The van der Waals surface area contributed by atoms with E-state index in [0.717, 1.165) is 0 Å². The molecule has 3 amide bonds. The summed E-state index contributed by atoms with van der Waals surface area (Å²) in [5.74, 6) is -0.336. The molecule has 0 aliphatic carbocycles. The number of nitrogens with two attached hydrogens (primary N) is 1. The third-order valence-corrected chi connectivity index (χ3v) is 3.27. The molecule has 0 bridgehead atoms. The number of amides is 3. The molecule has 1 aromatic carbocycles. The first kappa shape index (κ1) is 17.6. The Morgan fingerprint density at radius 1 is 1.33 bits per heavy atom. The van der Waals surface area contributed by atoms with Gasteiger partial charge in [0, 0.05) is 17.6 Å². The van der Waals surface area contributed by atoms with Gasteiger partial charge in [-0.1, -0.05) is 11.6 Å². The van der Waals surface area contributed by atoms with E-state index in [9.17, 15) is 14.8 Å². The van der Waals surface area contributed by atoms with Crippen LogP contribution in [0.2, 0.25) is 5.02 Å². The van der Waals surface area contributed by atoms with Crippen molar-refractivity contribution in [2.24, 2.45) is 5.73 Å². The second-order valence-corrected chi connectivity index (χ2v) is 5.35. The number of urea groups is 1. The highest BCUT2D eigenvalue weighted by molar-refractivity contribution is 6.30. The fourth-order valence-corrected chi connectivity index (χ4v) is 1.88. The smallest absolute Gasteiger partial charge is 0.313 e. The number of carbonyl (C=O) groups is 2. The fraction of sp³-hybridized carbons (Fsp3) is 0.200. The van der Waals surface area contributed by atoms with E-state index in [0.29, 0.717) is 15.8 Å². The van der Waals surface area contributed by atoms with Crippen molar-refractivity contribution in [3.05, 3.63) is 47.2 Å². The molecule has 0 fully saturated rings. The summed E-state index contributed by atoms with van der Waals surface area (Å²) in [7, 11) is 0. The maximum absolute atomic E-state index is 12.1. The summed E-state index contributed by atoms with van der Waals surface area (Å²) >= 11 is 5.78. The lowest BCUT2D eigenvalue weighted by molar-refractivity contribution is -0.0844. The van der Waals surface area contributed by atoms with E-state index in [1.54, 1.807) is 24.3 Å². The van der Waals surface area contributed by atoms with Crippen LogP contribution >= 0.6 is 11.6 Å². The minimum Gasteiger partial charge on any atom is -0.426 e. The van der Waals surface area contributed by atoms with Crippen molar-refractivity contribution < 1.29 is 24.0 Å². The van der Waals surface area contributed by atoms with Crippen LogP contribution in [-0.4, -0.2) is 34.8 Å². The van der Waals surface area contributed by atoms with Crippen LogP contribution in [0.15, 0.2) is 40.8 Å². The zero-order valence-corrected chi connectivity index (χ0v) is 13.5. The van der Waals surface area contributed by atoms with E-state index in [2.05, 4.69) is 5.32 Å². The van der Waals surface area contributed by atoms with Gasteiger partial charge in [0.25, 0.3) is 5.95 Å². The molecule has 1 atom stereocenters. The van der Waals surface area contributed by atoms with Gasteiger partial charge in [-0.2, -0.15) is 0 Å². The highest BCUT2D eigenvalue weighted by Gasteiger charge is 2.23. The van der Waals surface area contributed by atoms with Crippen molar-refractivity contribution in [1.82, 2.24) is 10.4 Å². The molecule has 8 nitrogen and oxygen atoms in total. The number of primary amides is 1. The van der Waals surface area contributed by atoms with Gasteiger partial charge in [0.05, 0.1) is 6.04 Å². The number of carbonyl (C=O) groups excluding carboxylic acids is 2. The van der Waals surface area contributed by atoms with Crippen LogP contribution in [0.3, 0.4) is 0 Å². The molecule has 0 unspecified atom stereocenters. The summed E-state index contributed by atoms with van der Waals surface area (Å²) < 4.78 is 10.7. The first-order chi connectivity index (χ1) is 11.4. The first-order valence-electron chi connectivity index (χ1n) is 6.96. The van der Waals surface area contributed by atoms with Crippen molar-refractivity contribution in [1.29, 1.82) is 0 Å². The maximum atomic E-state index is 12.1. The number of ether oxygens (including phenoxy) is 1. The third kappa shape index (κ3) is 4.64. The van der Waals surface area contributed by atoms with Crippen LogP contribution in [0, 0.1) is 0 Å². The fourth-order valence-electron chi connectivity index (χ4n) is 1.76. The first-order valence-corrected chi connectivity index (χ1v) is 7.33. The van der Waals surface area contributed by atoms with E-state index in [4.69, 9.17) is 26.5 Å². The summed E-state index contributed by atoms with van der Waals surface area (Å²) in [6.07, 6.45) is 0. The molecule has 9 heteroatoms. The van der Waals surface area contributed by atoms with Gasteiger partial charge in [0.2, 0.25) is 0 Å². The number of nitrogens with one attached hydrogen (secondary N) is 1. The zero-order chi connectivity index (χ0) is 17.7. The molecule has 2 aromatic rings. The predicted octanol–water partition coefficient (Wildman–Crippen LogP) is 2.61. The Hall–Kier alpha value is -2.71. The summed E-state index contributed by atoms with van der Waals surface area (Å²) in [4.78, 5) is 22.8. The molecule has 2 rings (SSSR count). The number of rotatable bonds is 6. The van der Waals surface area contributed by atoms with E-state index in [1.807, 2.05) is 0 Å². The van der Waals surface area contributed by atoms with Gasteiger partial charge in [0.15, 0.2) is 5.76 Å². The molecule has 0 saturated heterocycles. The predicted molar refractivity (Wildman–Crippen MR) is 85.2 cm³/mol. The van der Waals surface area contributed by atoms with Crippen molar-refractivity contribution in [3.63, 3.8) is 0 Å². The number of hydroxylamine groups is 2. The molecular formula is C15H16ClN3O5. The van der Waals surface area contributed by atoms with Gasteiger partial charge >= 0.3 is 11.9 Å². The minimum absolute atomic E-state index is 0.00753. The van der Waals surface area contributed by atoms with Gasteiger partial charge in [-0.15, -0.1) is 0 Å². The lowest BCUT2D eigenvalue weighted by atomic mass is 10.3. The molecular weight excluding hydrogens is 338 g/mol. The Bertz CT molecular complexity index is 716. The number of furan rings is 1. The Morgan fingerprint density at radius 3 is 2.62 bits per heavy atom. The van der Waals surface area contributed by atoms with Crippen LogP contribution in [0.4, 0.5) is 4.79 Å². The lowest BCUT2D eigenvalue weighted by Crippen LogP contribution is -2.44. The SMILES string of the molecule is C[C@H](CNC(N)=O)N(O)C(=O)c1ccc(Oc2ccc(Cl)cc2)o1. The summed E-state index contributed by atoms with van der Waals surface area (Å²) in [6.45, 7) is 1.52. The lowest BCUT2D eigenvalue weighted by Gasteiger charge is -2.21. The van der Waals surface area contributed by atoms with Crippen LogP contribution in [-0.2, 0) is 0 Å². The topological polar surface area (TPSA) is 118 Å². The molecule has 0 radical (unpaired) electrons. The van der Waals surface area contributed by atoms with Gasteiger partial charge in [-0.25, -0.2) is 9.86 Å². The minimum atomic E-state index is -0.778. The average Bonchev–Trinajstić information content (AvgIpc) is 3.01. The van der Waals surface area contributed by atoms with Gasteiger partial charge in [0.1, 0.15) is 5.75 Å². The van der Waals surface area contributed by atoms with Crippen LogP contribution < -0.4 is 15.8 Å². The molecule has 0 aliphatic rings. The van der Waals surface area contributed by atoms with E-state index < -0.39 is 18.0 Å². The number of halogens is 1. The second-order valence-electron chi connectivity index (χ2n) is 4.92. The van der Waals surface area contributed by atoms with Crippen molar-refractivity contribution >= 4 is 23.5 Å². The maximum Gasteiger partial charge on any atom is 0.313 e. The Labute approximate surface area is 142 Å². The monoisotopic (exact) mass is 353 g/mol. The molecule has 0 saturated carbocycles. The summed E-state index contributed by atoms with van der Waals surface area (Å²) in [6, 6.07) is 7.94. The average molecular weight is 354 g/mol. The second kappa shape index (κ2) is 7.71. The van der Waals surface area contributed by atoms with Crippen LogP contribution in [0.25, 0.3) is 0 Å². The highest BCUT2D eigenvalue weighted by atomic mass is 35.5. The molecule has 128 valence electrons. The molecule has 4 N–H and O–H groups in total. The van der Waals surface area contributed by atoms with Crippen molar-refractivity contribution in [2.75, 3.05) is 6.54 Å². The largest absolute Gasteiger partial charge is 0.426 e. The van der Waals surface area contributed by atoms with E-state index in [-0.39, 0.29) is 18.3 Å². The van der Waals surface area contributed by atoms with E-state index in [1.165, 1.54) is 19.1 Å². The molecule has 0 aliphatic heterocycles. The Balaban J connectivity index is 1.99. The number of hydrogen-bond donors (Lipinski definition) is 3. The van der Waals surface area contributed by atoms with Crippen molar-refractivity contribution in [3.8, 4) is 11.7 Å². The summed E-state index contributed by atoms with van der Waals surface area (Å²) in [5, 5.41) is 13.2. The van der Waals surface area contributed by atoms with E-state index >= 15 is 0 Å². The zero-order valence-electron chi connectivity index (χ0n) is 12.7. The molecule has 0 spiro atoms. The molecule has 24 heavy (non-hydrogen) atoms. The highest BCUT2D eigenvalue weighted by Crippen LogP contribution is 2.25. The van der Waals surface area contributed by atoms with Gasteiger partial charge in [-0.3, -0.25) is 10.0 Å². The number of hydrogen-bond acceptors (Lipinski definition) is 5. The van der Waals surface area contributed by atoms with Crippen LogP contribution in [0.5, 0.6) is 11.7 Å².